The Morgan fingerprint density at radius 2 is 1.60 bits per heavy atom. The molecule has 1 aromatic heterocycles. The van der Waals surface area contributed by atoms with Gasteiger partial charge in [0.15, 0.2) is 0 Å². The van der Waals surface area contributed by atoms with Crippen molar-refractivity contribution in [2.24, 2.45) is 0 Å². The molecule has 2 amide bonds. The molecule has 11 heteroatoms. The molecular weight excluding hydrogens is 412 g/mol. The van der Waals surface area contributed by atoms with Gasteiger partial charge in [-0.3, -0.25) is 13.8 Å². The third kappa shape index (κ3) is 4.86. The van der Waals surface area contributed by atoms with Crippen molar-refractivity contribution in [1.82, 2.24) is 14.8 Å². The highest BCUT2D eigenvalue weighted by Gasteiger charge is 2.26. The van der Waals surface area contributed by atoms with Gasteiger partial charge < -0.3 is 28.5 Å². The van der Waals surface area contributed by atoms with E-state index in [1.807, 2.05) is 0 Å². The van der Waals surface area contributed by atoms with Crippen LogP contribution in [0.15, 0.2) is 36.5 Å². The van der Waals surface area contributed by atoms with Crippen LogP contribution in [0.3, 0.4) is 0 Å². The van der Waals surface area contributed by atoms with Gasteiger partial charge in [0.05, 0.1) is 19.9 Å². The summed E-state index contributed by atoms with van der Waals surface area (Å²) in [4.78, 5) is 32.8. The number of piperazine rings is 1. The molecule has 160 valence electrons. The van der Waals surface area contributed by atoms with Crippen molar-refractivity contribution in [2.45, 2.75) is 0 Å². The van der Waals surface area contributed by atoms with E-state index in [1.165, 1.54) is 38.6 Å². The number of rotatable bonds is 6. The third-order valence-corrected chi connectivity index (χ3v) is 5.07. The molecule has 1 fully saturated rings. The van der Waals surface area contributed by atoms with Gasteiger partial charge in [-0.2, -0.15) is 0 Å². The van der Waals surface area contributed by atoms with E-state index in [9.17, 15) is 18.4 Å². The van der Waals surface area contributed by atoms with Crippen LogP contribution in [0.25, 0.3) is 0 Å². The summed E-state index contributed by atoms with van der Waals surface area (Å²) in [6, 6.07) is 7.69. The Hall–Kier alpha value is -3.18. The minimum atomic E-state index is -2.50. The molecular formula is C19H21N4O6S-. The molecule has 1 N–H and O–H groups in total. The highest BCUT2D eigenvalue weighted by atomic mass is 32.2. The summed E-state index contributed by atoms with van der Waals surface area (Å²) in [7, 11) is 2.87. The summed E-state index contributed by atoms with van der Waals surface area (Å²) in [6.07, 6.45) is 1.51. The van der Waals surface area contributed by atoms with Crippen LogP contribution in [0.4, 0.5) is 5.69 Å². The Morgan fingerprint density at radius 1 is 1.00 bits per heavy atom. The van der Waals surface area contributed by atoms with Crippen LogP contribution in [0.5, 0.6) is 11.6 Å². The van der Waals surface area contributed by atoms with Gasteiger partial charge in [0, 0.05) is 60.8 Å². The van der Waals surface area contributed by atoms with E-state index in [2.05, 4.69) is 9.71 Å². The predicted octanol–water partition coefficient (Wildman–Crippen LogP) is 0.903. The zero-order valence-electron chi connectivity index (χ0n) is 16.5. The van der Waals surface area contributed by atoms with E-state index < -0.39 is 11.3 Å². The molecule has 2 aromatic rings. The molecule has 3 rings (SSSR count). The van der Waals surface area contributed by atoms with Gasteiger partial charge in [-0.1, -0.05) is 0 Å². The van der Waals surface area contributed by atoms with E-state index in [0.717, 1.165) is 0 Å². The zero-order valence-corrected chi connectivity index (χ0v) is 17.3. The topological polar surface area (TPSA) is 124 Å². The molecule has 0 aliphatic carbocycles. The van der Waals surface area contributed by atoms with Crippen molar-refractivity contribution in [3.63, 3.8) is 0 Å². The van der Waals surface area contributed by atoms with Crippen molar-refractivity contribution in [3.05, 3.63) is 47.7 Å². The lowest BCUT2D eigenvalue weighted by Crippen LogP contribution is -2.50. The third-order valence-electron chi connectivity index (χ3n) is 4.69. The standard InChI is InChI=1S/C19H22N4O6S/c1-28-16-11-13(3-4-15(16)21-30(26)27)18(24)22-7-9-23(10-8-22)19(25)14-5-6-20-17(12-14)29-2/h3-6,11-12,21H,7-10H2,1-2H3,(H,26,27)/p-1. The number of anilines is 1. The zero-order chi connectivity index (χ0) is 21.7. The second-order valence-electron chi connectivity index (χ2n) is 6.42. The number of hydrogen-bond donors (Lipinski definition) is 1. The van der Waals surface area contributed by atoms with Crippen molar-refractivity contribution < 1.29 is 27.8 Å². The normalized spacial score (nSPS) is 14.8. The Labute approximate surface area is 176 Å². The maximum atomic E-state index is 12.8. The van der Waals surface area contributed by atoms with Crippen LogP contribution >= 0.6 is 0 Å². The molecule has 1 unspecified atom stereocenters. The molecule has 1 aliphatic heterocycles. The number of benzene rings is 1. The molecule has 1 aliphatic rings. The molecule has 0 bridgehead atoms. The van der Waals surface area contributed by atoms with Crippen molar-refractivity contribution >= 4 is 28.8 Å². The van der Waals surface area contributed by atoms with Gasteiger partial charge in [-0.05, 0) is 24.3 Å². The van der Waals surface area contributed by atoms with E-state index in [0.29, 0.717) is 43.2 Å². The second kappa shape index (κ2) is 9.55. The number of nitrogens with zero attached hydrogens (tertiary/aromatic N) is 3. The van der Waals surface area contributed by atoms with E-state index in [1.54, 1.807) is 21.9 Å². The number of ether oxygens (including phenoxy) is 2. The number of amides is 2. The van der Waals surface area contributed by atoms with Crippen molar-refractivity contribution in [3.8, 4) is 11.6 Å². The van der Waals surface area contributed by atoms with Gasteiger partial charge in [0.1, 0.15) is 5.75 Å². The highest BCUT2D eigenvalue weighted by Crippen LogP contribution is 2.26. The molecule has 1 atom stereocenters. The molecule has 0 spiro atoms. The first-order valence-electron chi connectivity index (χ1n) is 9.05. The Kier molecular flexibility index (Phi) is 6.85. The fourth-order valence-corrected chi connectivity index (χ4v) is 3.48. The smallest absolute Gasteiger partial charge is 0.254 e. The van der Waals surface area contributed by atoms with Gasteiger partial charge in [0.25, 0.3) is 11.8 Å². The fraction of sp³-hybridized carbons (Fsp3) is 0.316. The molecule has 2 heterocycles. The molecule has 10 nitrogen and oxygen atoms in total. The Morgan fingerprint density at radius 3 is 2.13 bits per heavy atom. The largest absolute Gasteiger partial charge is 0.755 e. The Bertz CT molecular complexity index is 962. The summed E-state index contributed by atoms with van der Waals surface area (Å²) in [6.45, 7) is 1.53. The highest BCUT2D eigenvalue weighted by molar-refractivity contribution is 7.80. The lowest BCUT2D eigenvalue weighted by Gasteiger charge is -2.35. The van der Waals surface area contributed by atoms with Gasteiger partial charge in [-0.25, -0.2) is 4.98 Å². The van der Waals surface area contributed by atoms with Crippen LogP contribution in [0, 0.1) is 0 Å². The Balaban J connectivity index is 1.65. The summed E-state index contributed by atoms with van der Waals surface area (Å²) in [5, 5.41) is 0. The molecule has 30 heavy (non-hydrogen) atoms. The summed E-state index contributed by atoms with van der Waals surface area (Å²) >= 11 is -2.50. The average Bonchev–Trinajstić information content (AvgIpc) is 2.78. The first-order valence-corrected chi connectivity index (χ1v) is 10.1. The lowest BCUT2D eigenvalue weighted by atomic mass is 10.1. The van der Waals surface area contributed by atoms with Gasteiger partial charge in [-0.15, -0.1) is 0 Å². The van der Waals surface area contributed by atoms with Gasteiger partial charge >= 0.3 is 0 Å². The lowest BCUT2D eigenvalue weighted by molar-refractivity contribution is 0.0535. The first kappa shape index (κ1) is 21.5. The summed E-state index contributed by atoms with van der Waals surface area (Å²) < 4.78 is 34.1. The van der Waals surface area contributed by atoms with Crippen LogP contribution in [0.2, 0.25) is 0 Å². The van der Waals surface area contributed by atoms with Crippen molar-refractivity contribution in [1.29, 1.82) is 0 Å². The number of hydrogen-bond acceptors (Lipinski definition) is 7. The summed E-state index contributed by atoms with van der Waals surface area (Å²) in [5.41, 5.74) is 1.09. The first-order chi connectivity index (χ1) is 14.4. The van der Waals surface area contributed by atoms with E-state index >= 15 is 0 Å². The number of carbonyl (C=O) groups excluding carboxylic acids is 2. The van der Waals surface area contributed by atoms with Crippen LogP contribution in [0.1, 0.15) is 20.7 Å². The van der Waals surface area contributed by atoms with E-state index in [4.69, 9.17) is 9.47 Å². The number of methoxy groups -OCH3 is 2. The molecule has 0 saturated carbocycles. The number of carbonyl (C=O) groups is 2. The SMILES string of the molecule is COc1cc(C(=O)N2CCN(C(=O)c3ccc(NS(=O)[O-])c(OC)c3)CC2)ccn1. The van der Waals surface area contributed by atoms with Crippen LogP contribution in [-0.4, -0.2) is 75.8 Å². The monoisotopic (exact) mass is 433 g/mol. The van der Waals surface area contributed by atoms with Crippen molar-refractivity contribution in [2.75, 3.05) is 45.1 Å². The second-order valence-corrected chi connectivity index (χ2v) is 7.10. The van der Waals surface area contributed by atoms with Crippen LogP contribution in [-0.2, 0) is 11.3 Å². The number of pyridine rings is 1. The molecule has 1 saturated heterocycles. The molecule has 0 radical (unpaired) electrons. The summed E-state index contributed by atoms with van der Waals surface area (Å²) in [5.74, 6) is 0.235. The van der Waals surface area contributed by atoms with Gasteiger partial charge in [0.2, 0.25) is 5.88 Å². The minimum Gasteiger partial charge on any atom is -0.755 e. The number of nitrogens with one attached hydrogen (secondary N) is 1. The van der Waals surface area contributed by atoms with E-state index in [-0.39, 0.29) is 23.3 Å². The number of aromatic nitrogens is 1. The maximum absolute atomic E-state index is 12.8. The minimum absolute atomic E-state index is 0.148. The maximum Gasteiger partial charge on any atom is 0.254 e. The molecule has 1 aromatic carbocycles. The quantitative estimate of drug-likeness (QED) is 0.671. The fourth-order valence-electron chi connectivity index (χ4n) is 3.13. The predicted molar refractivity (Wildman–Crippen MR) is 108 cm³/mol. The average molecular weight is 433 g/mol. The van der Waals surface area contributed by atoms with Crippen LogP contribution < -0.4 is 14.2 Å².